The Hall–Kier alpha value is -0.890. The van der Waals surface area contributed by atoms with Crippen LogP contribution in [0.4, 0.5) is 0 Å². The first-order valence-electron chi connectivity index (χ1n) is 6.83. The Bertz CT molecular complexity index is 553. The number of hydrogen-bond acceptors (Lipinski definition) is 4. The Labute approximate surface area is 120 Å². The SMILES string of the molecule is CNCc1cc(S(=O)(=O)NC2CCCC2OC)cn1C. The third-order valence-electron chi connectivity index (χ3n) is 3.81. The summed E-state index contributed by atoms with van der Waals surface area (Å²) >= 11 is 0. The highest BCUT2D eigenvalue weighted by Gasteiger charge is 2.31. The third kappa shape index (κ3) is 3.22. The summed E-state index contributed by atoms with van der Waals surface area (Å²) in [7, 11) is 1.83. The van der Waals surface area contributed by atoms with Crippen LogP contribution >= 0.6 is 0 Å². The van der Waals surface area contributed by atoms with Gasteiger partial charge in [0.2, 0.25) is 10.0 Å². The van der Waals surface area contributed by atoms with E-state index in [1.807, 2.05) is 18.7 Å². The fraction of sp³-hybridized carbons (Fsp3) is 0.692. The Morgan fingerprint density at radius 2 is 2.20 bits per heavy atom. The first-order chi connectivity index (χ1) is 9.47. The molecule has 1 aliphatic rings. The van der Waals surface area contributed by atoms with Crippen LogP contribution in [-0.4, -0.2) is 39.3 Å². The number of rotatable bonds is 6. The normalized spacial score (nSPS) is 23.4. The monoisotopic (exact) mass is 301 g/mol. The number of aromatic nitrogens is 1. The summed E-state index contributed by atoms with van der Waals surface area (Å²) in [4.78, 5) is 0.312. The van der Waals surface area contributed by atoms with Gasteiger partial charge in [-0.3, -0.25) is 0 Å². The minimum atomic E-state index is -3.49. The number of methoxy groups -OCH3 is 1. The molecule has 1 saturated carbocycles. The predicted octanol–water partition coefficient (Wildman–Crippen LogP) is 0.590. The lowest BCUT2D eigenvalue weighted by atomic mass is 10.2. The molecule has 1 fully saturated rings. The second-order valence-electron chi connectivity index (χ2n) is 5.24. The van der Waals surface area contributed by atoms with E-state index in [2.05, 4.69) is 10.0 Å². The third-order valence-corrected chi connectivity index (χ3v) is 5.27. The highest BCUT2D eigenvalue weighted by Crippen LogP contribution is 2.24. The molecule has 2 unspecified atom stereocenters. The van der Waals surface area contributed by atoms with E-state index >= 15 is 0 Å². The topological polar surface area (TPSA) is 72.4 Å². The summed E-state index contributed by atoms with van der Waals surface area (Å²) in [6, 6.07) is 1.58. The van der Waals surface area contributed by atoms with Crippen LogP contribution in [0.1, 0.15) is 25.0 Å². The van der Waals surface area contributed by atoms with E-state index in [4.69, 9.17) is 4.74 Å². The van der Waals surface area contributed by atoms with Crippen LogP contribution in [0, 0.1) is 0 Å². The van der Waals surface area contributed by atoms with Crippen molar-refractivity contribution in [2.24, 2.45) is 7.05 Å². The van der Waals surface area contributed by atoms with Gasteiger partial charge in [0, 0.05) is 38.6 Å². The molecule has 0 bridgehead atoms. The fourth-order valence-electron chi connectivity index (χ4n) is 2.69. The van der Waals surface area contributed by atoms with Crippen molar-refractivity contribution in [2.75, 3.05) is 14.2 Å². The lowest BCUT2D eigenvalue weighted by Crippen LogP contribution is -2.40. The second kappa shape index (κ2) is 6.26. The maximum Gasteiger partial charge on any atom is 0.242 e. The Morgan fingerprint density at radius 3 is 2.85 bits per heavy atom. The summed E-state index contributed by atoms with van der Waals surface area (Å²) in [5.74, 6) is 0. The van der Waals surface area contributed by atoms with Crippen LogP contribution in [0.15, 0.2) is 17.2 Å². The fourth-order valence-corrected chi connectivity index (χ4v) is 4.08. The summed E-state index contributed by atoms with van der Waals surface area (Å²) in [6.45, 7) is 0.635. The summed E-state index contributed by atoms with van der Waals surface area (Å²) in [6.07, 6.45) is 4.35. The molecule has 6 nitrogen and oxygen atoms in total. The van der Waals surface area contributed by atoms with E-state index in [9.17, 15) is 8.42 Å². The van der Waals surface area contributed by atoms with Gasteiger partial charge in [0.25, 0.3) is 0 Å². The molecule has 0 aliphatic heterocycles. The molecular formula is C13H23N3O3S. The zero-order chi connectivity index (χ0) is 14.8. The van der Waals surface area contributed by atoms with Gasteiger partial charge in [0.05, 0.1) is 11.0 Å². The van der Waals surface area contributed by atoms with Crippen molar-refractivity contribution in [3.8, 4) is 0 Å². The number of sulfonamides is 1. The van der Waals surface area contributed by atoms with E-state index in [1.54, 1.807) is 19.4 Å². The van der Waals surface area contributed by atoms with Crippen molar-refractivity contribution in [1.82, 2.24) is 14.6 Å². The van der Waals surface area contributed by atoms with Gasteiger partial charge in [0.1, 0.15) is 0 Å². The molecule has 114 valence electrons. The standard InChI is InChI=1S/C13H23N3O3S/c1-14-8-10-7-11(9-16(10)2)20(17,18)15-12-5-4-6-13(12)19-3/h7,9,12-15H,4-6,8H2,1-3H3. The Kier molecular flexibility index (Phi) is 4.85. The van der Waals surface area contributed by atoms with Crippen molar-refractivity contribution in [2.45, 2.75) is 42.8 Å². The zero-order valence-electron chi connectivity index (χ0n) is 12.2. The van der Waals surface area contributed by atoms with Crippen LogP contribution in [0.3, 0.4) is 0 Å². The van der Waals surface area contributed by atoms with Crippen LogP contribution in [-0.2, 0) is 28.4 Å². The molecule has 2 atom stereocenters. The van der Waals surface area contributed by atoms with Crippen LogP contribution in [0.2, 0.25) is 0 Å². The van der Waals surface area contributed by atoms with E-state index in [1.165, 1.54) is 0 Å². The van der Waals surface area contributed by atoms with Gasteiger partial charge in [-0.25, -0.2) is 13.1 Å². The average molecular weight is 301 g/mol. The average Bonchev–Trinajstić information content (AvgIpc) is 2.97. The Morgan fingerprint density at radius 1 is 1.45 bits per heavy atom. The van der Waals surface area contributed by atoms with Gasteiger partial charge < -0.3 is 14.6 Å². The van der Waals surface area contributed by atoms with E-state index in [0.29, 0.717) is 11.4 Å². The van der Waals surface area contributed by atoms with E-state index < -0.39 is 10.0 Å². The van der Waals surface area contributed by atoms with Gasteiger partial charge >= 0.3 is 0 Å². The molecule has 2 N–H and O–H groups in total. The molecule has 0 amide bonds. The summed E-state index contributed by atoms with van der Waals surface area (Å²) in [5, 5.41) is 3.02. The first kappa shape index (κ1) is 15.5. The molecule has 0 spiro atoms. The van der Waals surface area contributed by atoms with Crippen molar-refractivity contribution in [3.05, 3.63) is 18.0 Å². The van der Waals surface area contributed by atoms with Gasteiger partial charge in [-0.05, 0) is 32.4 Å². The number of aryl methyl sites for hydroxylation is 1. The molecule has 2 rings (SSSR count). The van der Waals surface area contributed by atoms with Gasteiger partial charge in [-0.1, -0.05) is 0 Å². The maximum atomic E-state index is 12.4. The first-order valence-corrected chi connectivity index (χ1v) is 8.31. The maximum absolute atomic E-state index is 12.4. The molecule has 0 radical (unpaired) electrons. The molecule has 0 aromatic carbocycles. The van der Waals surface area contributed by atoms with Gasteiger partial charge in [0.15, 0.2) is 0 Å². The van der Waals surface area contributed by atoms with Gasteiger partial charge in [-0.15, -0.1) is 0 Å². The molecule has 1 aliphatic carbocycles. The molecule has 0 saturated heterocycles. The highest BCUT2D eigenvalue weighted by atomic mass is 32.2. The number of nitrogens with zero attached hydrogens (tertiary/aromatic N) is 1. The summed E-state index contributed by atoms with van der Waals surface area (Å²) < 4.78 is 34.8. The molecule has 1 heterocycles. The molecule has 1 aromatic heterocycles. The van der Waals surface area contributed by atoms with Crippen molar-refractivity contribution >= 4 is 10.0 Å². The van der Waals surface area contributed by atoms with Crippen LogP contribution in [0.5, 0.6) is 0 Å². The molecular weight excluding hydrogens is 278 g/mol. The van der Waals surface area contributed by atoms with Crippen molar-refractivity contribution in [3.63, 3.8) is 0 Å². The van der Waals surface area contributed by atoms with Crippen LogP contribution in [0.25, 0.3) is 0 Å². The highest BCUT2D eigenvalue weighted by molar-refractivity contribution is 7.89. The van der Waals surface area contributed by atoms with E-state index in [0.717, 1.165) is 25.0 Å². The van der Waals surface area contributed by atoms with Crippen molar-refractivity contribution < 1.29 is 13.2 Å². The number of nitrogens with one attached hydrogen (secondary N) is 2. The molecule has 7 heteroatoms. The predicted molar refractivity (Wildman–Crippen MR) is 76.9 cm³/mol. The van der Waals surface area contributed by atoms with Crippen molar-refractivity contribution in [1.29, 1.82) is 0 Å². The largest absolute Gasteiger partial charge is 0.380 e. The quantitative estimate of drug-likeness (QED) is 0.807. The minimum Gasteiger partial charge on any atom is -0.380 e. The van der Waals surface area contributed by atoms with Gasteiger partial charge in [-0.2, -0.15) is 0 Å². The smallest absolute Gasteiger partial charge is 0.242 e. The molecule has 20 heavy (non-hydrogen) atoms. The summed E-state index contributed by atoms with van der Waals surface area (Å²) in [5.41, 5.74) is 0.933. The van der Waals surface area contributed by atoms with Crippen LogP contribution < -0.4 is 10.0 Å². The molecule has 1 aromatic rings. The zero-order valence-corrected chi connectivity index (χ0v) is 13.0. The Balaban J connectivity index is 2.16. The number of hydrogen-bond donors (Lipinski definition) is 2. The van der Waals surface area contributed by atoms with E-state index in [-0.39, 0.29) is 12.1 Å². The number of ether oxygens (including phenoxy) is 1. The lowest BCUT2D eigenvalue weighted by Gasteiger charge is -2.19. The lowest BCUT2D eigenvalue weighted by molar-refractivity contribution is 0.0916. The minimum absolute atomic E-state index is 0.0229. The second-order valence-corrected chi connectivity index (χ2v) is 6.96.